The maximum atomic E-state index is 13.6. The fraction of sp³-hybridized carbons (Fsp3) is 0.125. The van der Waals surface area contributed by atoms with Crippen LogP contribution in [0.3, 0.4) is 0 Å². The van der Waals surface area contributed by atoms with Gasteiger partial charge in [-0.1, -0.05) is 35.9 Å². The van der Waals surface area contributed by atoms with Crippen LogP contribution in [-0.2, 0) is 0 Å². The third-order valence-corrected chi connectivity index (χ3v) is 5.96. The number of phenols is 1. The first-order chi connectivity index (χ1) is 15.5. The maximum absolute atomic E-state index is 13.6. The van der Waals surface area contributed by atoms with Crippen molar-refractivity contribution in [2.24, 2.45) is 0 Å². The summed E-state index contributed by atoms with van der Waals surface area (Å²) in [5.41, 5.74) is 2.93. The van der Waals surface area contributed by atoms with Gasteiger partial charge in [0.1, 0.15) is 5.75 Å². The molecule has 0 saturated carbocycles. The first kappa shape index (κ1) is 20.1. The van der Waals surface area contributed by atoms with Crippen molar-refractivity contribution >= 4 is 39.8 Å². The van der Waals surface area contributed by atoms with Gasteiger partial charge in [0.2, 0.25) is 0 Å². The van der Waals surface area contributed by atoms with Crippen LogP contribution < -0.4 is 16.2 Å². The van der Waals surface area contributed by atoms with E-state index >= 15 is 0 Å². The largest absolute Gasteiger partial charge is 0.506 e. The summed E-state index contributed by atoms with van der Waals surface area (Å²) in [5, 5.41) is 16.2. The van der Waals surface area contributed by atoms with E-state index in [1.807, 2.05) is 24.3 Å². The van der Waals surface area contributed by atoms with Crippen LogP contribution in [0.1, 0.15) is 28.4 Å². The lowest BCUT2D eigenvalue weighted by molar-refractivity contribution is 0.102. The van der Waals surface area contributed by atoms with E-state index in [9.17, 15) is 14.7 Å². The normalized spacial score (nSPS) is 15.1. The molecule has 0 saturated heterocycles. The summed E-state index contributed by atoms with van der Waals surface area (Å²) in [4.78, 5) is 30.9. The van der Waals surface area contributed by atoms with Gasteiger partial charge in [0.05, 0.1) is 34.0 Å². The average molecular weight is 447 g/mol. The van der Waals surface area contributed by atoms with Crippen molar-refractivity contribution in [1.29, 1.82) is 0 Å². The molecule has 32 heavy (non-hydrogen) atoms. The molecule has 5 rings (SSSR count). The molecule has 3 aromatic carbocycles. The molecule has 2 heterocycles. The van der Waals surface area contributed by atoms with Crippen LogP contribution in [0.15, 0.2) is 71.8 Å². The number of carbonyl (C=O) groups is 1. The molecule has 1 amide bonds. The zero-order chi connectivity index (χ0) is 22.2. The van der Waals surface area contributed by atoms with E-state index in [4.69, 9.17) is 11.6 Å². The van der Waals surface area contributed by atoms with Gasteiger partial charge in [-0.15, -0.1) is 0 Å². The average Bonchev–Trinajstić information content (AvgIpc) is 2.81. The van der Waals surface area contributed by atoms with Gasteiger partial charge >= 0.3 is 0 Å². The Kier molecular flexibility index (Phi) is 5.03. The van der Waals surface area contributed by atoms with Crippen molar-refractivity contribution in [2.45, 2.75) is 12.5 Å². The van der Waals surface area contributed by atoms with Crippen molar-refractivity contribution in [3.8, 4) is 5.75 Å². The van der Waals surface area contributed by atoms with Gasteiger partial charge in [-0.3, -0.25) is 14.2 Å². The Morgan fingerprint density at radius 3 is 2.84 bits per heavy atom. The van der Waals surface area contributed by atoms with Gasteiger partial charge in [0.15, 0.2) is 0 Å². The van der Waals surface area contributed by atoms with Crippen LogP contribution in [-0.4, -0.2) is 27.1 Å². The van der Waals surface area contributed by atoms with Gasteiger partial charge in [0, 0.05) is 17.8 Å². The molecule has 1 unspecified atom stereocenters. The lowest BCUT2D eigenvalue weighted by Gasteiger charge is -2.28. The summed E-state index contributed by atoms with van der Waals surface area (Å²) < 4.78 is 1.63. The number of benzene rings is 3. The van der Waals surface area contributed by atoms with Crippen molar-refractivity contribution < 1.29 is 9.90 Å². The number of aromatic hydroxyl groups is 1. The SMILES string of the molecule is O=C(Nc1cccc2ncn(C3CCNc4ccccc43)c(=O)c12)c1ccc(O)c(Cl)c1. The third-order valence-electron chi connectivity index (χ3n) is 5.66. The maximum Gasteiger partial charge on any atom is 0.263 e. The molecule has 8 heteroatoms. The molecule has 7 nitrogen and oxygen atoms in total. The molecule has 160 valence electrons. The number of hydrogen-bond donors (Lipinski definition) is 3. The van der Waals surface area contributed by atoms with E-state index in [1.54, 1.807) is 29.1 Å². The van der Waals surface area contributed by atoms with Crippen molar-refractivity contribution in [1.82, 2.24) is 9.55 Å². The molecule has 0 aliphatic carbocycles. The Hall–Kier alpha value is -3.84. The monoisotopic (exact) mass is 446 g/mol. The van der Waals surface area contributed by atoms with E-state index in [1.165, 1.54) is 18.2 Å². The minimum atomic E-state index is -0.443. The van der Waals surface area contributed by atoms with Crippen LogP contribution in [0.25, 0.3) is 10.9 Å². The molecular formula is C24H19ClN4O3. The first-order valence-corrected chi connectivity index (χ1v) is 10.5. The summed E-state index contributed by atoms with van der Waals surface area (Å²) in [6.07, 6.45) is 2.31. The summed E-state index contributed by atoms with van der Waals surface area (Å²) >= 11 is 5.93. The van der Waals surface area contributed by atoms with Crippen molar-refractivity contribution in [2.75, 3.05) is 17.2 Å². The Labute approximate surface area is 188 Å². The van der Waals surface area contributed by atoms with Crippen LogP contribution in [0, 0.1) is 0 Å². The predicted molar refractivity (Wildman–Crippen MR) is 125 cm³/mol. The van der Waals surface area contributed by atoms with Crippen molar-refractivity contribution in [3.05, 3.63) is 93.5 Å². The fourth-order valence-corrected chi connectivity index (χ4v) is 4.26. The Morgan fingerprint density at radius 2 is 2.00 bits per heavy atom. The Morgan fingerprint density at radius 1 is 1.16 bits per heavy atom. The van der Waals surface area contributed by atoms with Crippen LogP contribution >= 0.6 is 11.6 Å². The van der Waals surface area contributed by atoms with Gasteiger partial charge in [-0.2, -0.15) is 0 Å². The van der Waals surface area contributed by atoms with Crippen LogP contribution in [0.5, 0.6) is 5.75 Å². The number of carbonyl (C=O) groups excluding carboxylic acids is 1. The van der Waals surface area contributed by atoms with Gasteiger partial charge in [0.25, 0.3) is 11.5 Å². The number of fused-ring (bicyclic) bond motifs is 2. The highest BCUT2D eigenvalue weighted by Gasteiger charge is 2.23. The molecule has 1 aromatic heterocycles. The molecule has 1 atom stereocenters. The number of para-hydroxylation sites is 1. The number of hydrogen-bond acceptors (Lipinski definition) is 5. The molecule has 0 radical (unpaired) electrons. The molecular weight excluding hydrogens is 428 g/mol. The molecule has 4 aromatic rings. The Bertz CT molecular complexity index is 1420. The highest BCUT2D eigenvalue weighted by atomic mass is 35.5. The second-order valence-electron chi connectivity index (χ2n) is 7.60. The van der Waals surface area contributed by atoms with Crippen molar-refractivity contribution in [3.63, 3.8) is 0 Å². The zero-order valence-electron chi connectivity index (χ0n) is 16.9. The van der Waals surface area contributed by atoms with Gasteiger partial charge < -0.3 is 15.7 Å². The standard InChI is InChI=1S/C24H19ClN4O3/c25-16-12-14(8-9-21(16)30)23(31)28-19-7-3-6-18-22(19)24(32)29(13-27-18)20-10-11-26-17-5-2-1-4-15(17)20/h1-9,12-13,20,26,30H,10-11H2,(H,28,31). The highest BCUT2D eigenvalue weighted by Crippen LogP contribution is 2.32. The van der Waals surface area contributed by atoms with E-state index in [0.29, 0.717) is 16.6 Å². The minimum absolute atomic E-state index is 0.0733. The summed E-state index contributed by atoms with van der Waals surface area (Å²) in [5.74, 6) is -0.552. The quantitative estimate of drug-likeness (QED) is 0.433. The number of nitrogens with one attached hydrogen (secondary N) is 2. The number of halogens is 1. The summed E-state index contributed by atoms with van der Waals surface area (Å²) in [6, 6.07) is 17.1. The smallest absolute Gasteiger partial charge is 0.263 e. The summed E-state index contributed by atoms with van der Waals surface area (Å²) in [6.45, 7) is 0.742. The van der Waals surface area contributed by atoms with Crippen LogP contribution in [0.2, 0.25) is 5.02 Å². The number of amides is 1. The van der Waals surface area contributed by atoms with Gasteiger partial charge in [-0.25, -0.2) is 4.98 Å². The van der Waals surface area contributed by atoms with E-state index in [0.717, 1.165) is 24.2 Å². The number of anilines is 2. The molecule has 1 aliphatic heterocycles. The lowest BCUT2D eigenvalue weighted by atomic mass is 9.97. The summed E-state index contributed by atoms with van der Waals surface area (Å²) in [7, 11) is 0. The number of phenolic OH excluding ortho intramolecular Hbond substituents is 1. The second-order valence-corrected chi connectivity index (χ2v) is 8.00. The Balaban J connectivity index is 1.58. The first-order valence-electron chi connectivity index (χ1n) is 10.2. The highest BCUT2D eigenvalue weighted by molar-refractivity contribution is 6.32. The minimum Gasteiger partial charge on any atom is -0.506 e. The zero-order valence-corrected chi connectivity index (χ0v) is 17.6. The molecule has 3 N–H and O–H groups in total. The molecule has 0 spiro atoms. The number of rotatable bonds is 3. The van der Waals surface area contributed by atoms with E-state index < -0.39 is 5.91 Å². The molecule has 1 aliphatic rings. The molecule has 0 fully saturated rings. The van der Waals surface area contributed by atoms with E-state index in [-0.39, 0.29) is 27.9 Å². The van der Waals surface area contributed by atoms with E-state index in [2.05, 4.69) is 15.6 Å². The number of nitrogens with zero attached hydrogens (tertiary/aromatic N) is 2. The van der Waals surface area contributed by atoms with Crippen LogP contribution in [0.4, 0.5) is 11.4 Å². The predicted octanol–water partition coefficient (Wildman–Crippen LogP) is 4.41. The van der Waals surface area contributed by atoms with Gasteiger partial charge in [-0.05, 0) is 48.4 Å². The molecule has 0 bridgehead atoms. The third kappa shape index (κ3) is 3.46. The second kappa shape index (κ2) is 8.01. The number of aromatic nitrogens is 2. The fourth-order valence-electron chi connectivity index (χ4n) is 4.08. The lowest BCUT2D eigenvalue weighted by Crippen LogP contribution is -2.31. The topological polar surface area (TPSA) is 96.3 Å².